The molecule has 0 rings (SSSR count). The first-order chi connectivity index (χ1) is 32.0. The molecule has 0 saturated heterocycles. The molecule has 0 fully saturated rings. The zero-order chi connectivity index (χ0) is 47.2. The SMILES string of the molecule is CC/C=C\C/C=C\C/C=C\C/C=C\C/C=C\CCCCCC(=O)OC[C@@H](COC(=O)CCCCCCC/C=C\CCCCCC)OC(=O)CCCCCCC/C=C\C/C=C\CCCCC. The third-order valence-corrected chi connectivity index (χ3v) is 11.0. The Kier molecular flexibility index (Phi) is 50.0. The Hall–Kier alpha value is -3.67. The van der Waals surface area contributed by atoms with Gasteiger partial charge >= 0.3 is 17.9 Å². The van der Waals surface area contributed by atoms with Gasteiger partial charge in [0.15, 0.2) is 6.10 Å². The summed E-state index contributed by atoms with van der Waals surface area (Å²) in [4.78, 5) is 38.0. The van der Waals surface area contributed by atoms with Crippen LogP contribution in [0, 0.1) is 0 Å². The van der Waals surface area contributed by atoms with Crippen LogP contribution in [0.5, 0.6) is 0 Å². The Morgan fingerprint density at radius 3 is 1.00 bits per heavy atom. The summed E-state index contributed by atoms with van der Waals surface area (Å²) < 4.78 is 16.8. The van der Waals surface area contributed by atoms with Crippen molar-refractivity contribution < 1.29 is 28.6 Å². The van der Waals surface area contributed by atoms with Crippen molar-refractivity contribution in [1.29, 1.82) is 0 Å². The standard InChI is InChI=1S/C59H98O6/c1-4-7-10-13-16-19-22-25-27-28-29-30-32-34-37-40-43-46-49-52-58(61)64-55-56(54-63-57(60)51-48-45-42-39-36-33-24-21-18-15-12-9-6-3)65-59(62)53-50-47-44-41-38-35-31-26-23-20-17-14-11-8-5-2/h7,10,16-17,19-21,24-27,29-31,34,37,56H,4-6,8-9,11-15,18,22-23,28,32-33,35-36,38-55H2,1-3H3/b10-7-,19-16-,20-17-,24-21-,27-25-,30-29-,31-26-,37-34-/t56-/m1/s1. The number of esters is 3. The first-order valence-corrected chi connectivity index (χ1v) is 26.7. The lowest BCUT2D eigenvalue weighted by Gasteiger charge is -2.18. The van der Waals surface area contributed by atoms with Gasteiger partial charge in [-0.05, 0) is 122 Å². The number of unbranched alkanes of at least 4 members (excludes halogenated alkanes) is 20. The first kappa shape index (κ1) is 61.3. The van der Waals surface area contributed by atoms with E-state index in [0.29, 0.717) is 19.3 Å². The third-order valence-electron chi connectivity index (χ3n) is 11.0. The van der Waals surface area contributed by atoms with Gasteiger partial charge in [-0.3, -0.25) is 14.4 Å². The number of hydrogen-bond donors (Lipinski definition) is 0. The van der Waals surface area contributed by atoms with E-state index in [0.717, 1.165) is 135 Å². The van der Waals surface area contributed by atoms with E-state index in [1.54, 1.807) is 0 Å². The number of carbonyl (C=O) groups is 3. The maximum Gasteiger partial charge on any atom is 0.306 e. The number of ether oxygens (including phenoxy) is 3. The second-order valence-corrected chi connectivity index (χ2v) is 17.4. The smallest absolute Gasteiger partial charge is 0.306 e. The highest BCUT2D eigenvalue weighted by atomic mass is 16.6. The normalized spacial score (nSPS) is 12.8. The molecule has 6 nitrogen and oxygen atoms in total. The summed E-state index contributed by atoms with van der Waals surface area (Å²) in [6, 6.07) is 0. The third kappa shape index (κ3) is 51.2. The predicted octanol–water partition coefficient (Wildman–Crippen LogP) is 17.8. The van der Waals surface area contributed by atoms with Gasteiger partial charge in [0, 0.05) is 19.3 Å². The lowest BCUT2D eigenvalue weighted by atomic mass is 10.1. The fourth-order valence-electron chi connectivity index (χ4n) is 7.02. The van der Waals surface area contributed by atoms with Gasteiger partial charge in [-0.1, -0.05) is 195 Å². The molecule has 0 aliphatic rings. The molecule has 0 heterocycles. The lowest BCUT2D eigenvalue weighted by molar-refractivity contribution is -0.167. The maximum atomic E-state index is 12.8. The van der Waals surface area contributed by atoms with E-state index in [2.05, 4.69) is 118 Å². The van der Waals surface area contributed by atoms with Crippen LogP contribution < -0.4 is 0 Å². The highest BCUT2D eigenvalue weighted by Gasteiger charge is 2.19. The number of rotatable bonds is 47. The maximum absolute atomic E-state index is 12.8. The zero-order valence-electron chi connectivity index (χ0n) is 42.2. The highest BCUT2D eigenvalue weighted by Crippen LogP contribution is 2.13. The summed E-state index contributed by atoms with van der Waals surface area (Å²) >= 11 is 0. The monoisotopic (exact) mass is 903 g/mol. The van der Waals surface area contributed by atoms with Crippen molar-refractivity contribution in [3.63, 3.8) is 0 Å². The van der Waals surface area contributed by atoms with Gasteiger partial charge in [0.05, 0.1) is 0 Å². The van der Waals surface area contributed by atoms with Crippen molar-refractivity contribution in [2.45, 2.75) is 245 Å². The van der Waals surface area contributed by atoms with Crippen molar-refractivity contribution in [3.05, 3.63) is 97.2 Å². The Morgan fingerprint density at radius 1 is 0.323 bits per heavy atom. The van der Waals surface area contributed by atoms with Crippen LogP contribution in [0.4, 0.5) is 0 Å². The fraction of sp³-hybridized carbons (Fsp3) is 0.678. The summed E-state index contributed by atoms with van der Waals surface area (Å²) in [6.07, 6.45) is 69.6. The molecular formula is C59H98O6. The minimum Gasteiger partial charge on any atom is -0.462 e. The van der Waals surface area contributed by atoms with Gasteiger partial charge < -0.3 is 14.2 Å². The van der Waals surface area contributed by atoms with Gasteiger partial charge in [0.2, 0.25) is 0 Å². The predicted molar refractivity (Wildman–Crippen MR) is 279 cm³/mol. The quantitative estimate of drug-likeness (QED) is 0.0262. The van der Waals surface area contributed by atoms with Crippen molar-refractivity contribution in [1.82, 2.24) is 0 Å². The average Bonchev–Trinajstić information content (AvgIpc) is 3.30. The molecule has 0 aromatic rings. The highest BCUT2D eigenvalue weighted by molar-refractivity contribution is 5.71. The van der Waals surface area contributed by atoms with E-state index in [1.807, 2.05) is 0 Å². The van der Waals surface area contributed by atoms with E-state index in [9.17, 15) is 14.4 Å². The molecule has 0 bridgehead atoms. The molecule has 370 valence electrons. The van der Waals surface area contributed by atoms with Crippen LogP contribution in [0.15, 0.2) is 97.2 Å². The first-order valence-electron chi connectivity index (χ1n) is 26.7. The van der Waals surface area contributed by atoms with Crippen LogP contribution in [-0.2, 0) is 28.6 Å². The molecule has 1 atom stereocenters. The summed E-state index contributed by atoms with van der Waals surface area (Å²) in [5.74, 6) is -0.956. The minimum atomic E-state index is -0.802. The van der Waals surface area contributed by atoms with Gasteiger partial charge in [-0.2, -0.15) is 0 Å². The molecule has 0 N–H and O–H groups in total. The molecule has 0 amide bonds. The average molecular weight is 903 g/mol. The van der Waals surface area contributed by atoms with Gasteiger partial charge in [-0.15, -0.1) is 0 Å². The molecule has 0 unspecified atom stereocenters. The van der Waals surface area contributed by atoms with E-state index in [-0.39, 0.29) is 31.1 Å². The molecule has 0 aromatic heterocycles. The Bertz CT molecular complexity index is 1310. The summed E-state index contributed by atoms with van der Waals surface area (Å²) in [5, 5.41) is 0. The molecule has 0 spiro atoms. The number of hydrogen-bond acceptors (Lipinski definition) is 6. The van der Waals surface area contributed by atoms with Crippen LogP contribution in [-0.4, -0.2) is 37.2 Å². The Balaban J connectivity index is 4.48. The van der Waals surface area contributed by atoms with Crippen molar-refractivity contribution in [2.24, 2.45) is 0 Å². The molecule has 0 saturated carbocycles. The summed E-state index contributed by atoms with van der Waals surface area (Å²) in [7, 11) is 0. The molecule has 6 heteroatoms. The molecule has 0 aliphatic heterocycles. The van der Waals surface area contributed by atoms with Gasteiger partial charge in [-0.25, -0.2) is 0 Å². The lowest BCUT2D eigenvalue weighted by Crippen LogP contribution is -2.30. The molecular weight excluding hydrogens is 805 g/mol. The molecule has 65 heavy (non-hydrogen) atoms. The van der Waals surface area contributed by atoms with Crippen molar-refractivity contribution in [2.75, 3.05) is 13.2 Å². The summed E-state index contributed by atoms with van der Waals surface area (Å²) in [5.41, 5.74) is 0. The fourth-order valence-corrected chi connectivity index (χ4v) is 7.02. The van der Waals surface area contributed by atoms with Crippen molar-refractivity contribution in [3.8, 4) is 0 Å². The van der Waals surface area contributed by atoms with Crippen LogP contribution in [0.3, 0.4) is 0 Å². The molecule has 0 aliphatic carbocycles. The molecule has 0 aromatic carbocycles. The number of carbonyl (C=O) groups excluding carboxylic acids is 3. The van der Waals surface area contributed by atoms with E-state index < -0.39 is 6.10 Å². The topological polar surface area (TPSA) is 78.9 Å². The second-order valence-electron chi connectivity index (χ2n) is 17.4. The Morgan fingerprint density at radius 2 is 0.600 bits per heavy atom. The van der Waals surface area contributed by atoms with Crippen LogP contribution in [0.25, 0.3) is 0 Å². The van der Waals surface area contributed by atoms with Gasteiger partial charge in [0.1, 0.15) is 13.2 Å². The van der Waals surface area contributed by atoms with E-state index in [1.165, 1.54) is 64.2 Å². The second kappa shape index (κ2) is 52.9. The van der Waals surface area contributed by atoms with Crippen LogP contribution >= 0.6 is 0 Å². The largest absolute Gasteiger partial charge is 0.462 e. The van der Waals surface area contributed by atoms with Crippen LogP contribution in [0.1, 0.15) is 239 Å². The zero-order valence-corrected chi connectivity index (χ0v) is 42.2. The Labute approximate surface area is 400 Å². The van der Waals surface area contributed by atoms with E-state index >= 15 is 0 Å². The summed E-state index contributed by atoms with van der Waals surface area (Å²) in [6.45, 7) is 6.43. The minimum absolute atomic E-state index is 0.0992. The van der Waals surface area contributed by atoms with Gasteiger partial charge in [0.25, 0.3) is 0 Å². The number of allylic oxidation sites excluding steroid dienone is 16. The molecule has 0 radical (unpaired) electrons. The van der Waals surface area contributed by atoms with E-state index in [4.69, 9.17) is 14.2 Å². The van der Waals surface area contributed by atoms with Crippen LogP contribution in [0.2, 0.25) is 0 Å². The van der Waals surface area contributed by atoms with Crippen molar-refractivity contribution >= 4 is 17.9 Å².